The van der Waals surface area contributed by atoms with E-state index in [0.29, 0.717) is 25.7 Å². The molecule has 0 saturated carbocycles. The largest absolute Gasteiger partial charge is 0.481 e. The van der Waals surface area contributed by atoms with Crippen molar-refractivity contribution >= 4 is 40.7 Å². The number of hydrogen-bond donors (Lipinski definition) is 6. The number of amides is 1. The summed E-state index contributed by atoms with van der Waals surface area (Å²) in [7, 11) is 4.29. The van der Waals surface area contributed by atoms with Gasteiger partial charge in [0.2, 0.25) is 5.91 Å². The maximum absolute atomic E-state index is 11.9. The Labute approximate surface area is 357 Å². The number of methoxy groups -OCH3 is 3. The van der Waals surface area contributed by atoms with Crippen LogP contribution in [0, 0.1) is 0 Å². The van der Waals surface area contributed by atoms with Crippen LogP contribution in [0.2, 0.25) is 0 Å². The average Bonchev–Trinajstić information content (AvgIpc) is 3.25. The topological polar surface area (TPSA) is 272 Å². The molecule has 1 aromatic rings. The van der Waals surface area contributed by atoms with Gasteiger partial charge in [-0.2, -0.15) is 0 Å². The Hall–Kier alpha value is -3.28. The molecule has 19 nitrogen and oxygen atoms in total. The molecule has 1 rings (SSSR count). The number of thioether (sulfide) groups is 1. The summed E-state index contributed by atoms with van der Waals surface area (Å²) in [6.07, 6.45) is -0.127. The molecule has 1 aromatic carbocycles. The molecule has 20 heteroatoms. The lowest BCUT2D eigenvalue weighted by atomic mass is 10.2. The van der Waals surface area contributed by atoms with Crippen molar-refractivity contribution in [2.24, 2.45) is 0 Å². The van der Waals surface area contributed by atoms with E-state index in [2.05, 4.69) is 5.32 Å². The van der Waals surface area contributed by atoms with Crippen LogP contribution < -0.4 is 5.32 Å². The van der Waals surface area contributed by atoms with Crippen molar-refractivity contribution in [2.45, 2.75) is 127 Å². The quantitative estimate of drug-likeness (QED) is 0.0345. The first-order chi connectivity index (χ1) is 28.8. The number of carbonyl (C=O) groups is 5. The maximum atomic E-state index is 11.9. The van der Waals surface area contributed by atoms with Gasteiger partial charge < -0.3 is 68.7 Å². The van der Waals surface area contributed by atoms with Crippen molar-refractivity contribution in [3.8, 4) is 0 Å². The summed E-state index contributed by atoms with van der Waals surface area (Å²) in [6, 6.07) is 9.32. The van der Waals surface area contributed by atoms with Crippen molar-refractivity contribution in [3.05, 3.63) is 30.3 Å². The lowest BCUT2D eigenvalue weighted by Gasteiger charge is -2.21. The molecule has 6 N–H and O–H groups in total. The molecule has 0 heterocycles. The highest BCUT2D eigenvalue weighted by Crippen LogP contribution is 2.19. The Kier molecular flexibility index (Phi) is 39.0. The summed E-state index contributed by atoms with van der Waals surface area (Å²) in [5, 5.41) is 46.5. The van der Waals surface area contributed by atoms with Crippen molar-refractivity contribution in [1.29, 1.82) is 0 Å². The zero-order chi connectivity index (χ0) is 45.6. The molecule has 0 aliphatic carbocycles. The molecular formula is C40H69NO18S. The van der Waals surface area contributed by atoms with Gasteiger partial charge in [-0.05, 0) is 44.2 Å². The molecule has 0 aromatic heterocycles. The Morgan fingerprint density at radius 2 is 1.03 bits per heavy atom. The van der Waals surface area contributed by atoms with Crippen LogP contribution in [0.25, 0.3) is 0 Å². The second-order valence-corrected chi connectivity index (χ2v) is 13.7. The normalized spacial score (nSPS) is 13.8. The summed E-state index contributed by atoms with van der Waals surface area (Å²) in [6.45, 7) is 5.19. The van der Waals surface area contributed by atoms with Gasteiger partial charge in [-0.3, -0.25) is 24.0 Å². The zero-order valence-corrected chi connectivity index (χ0v) is 36.6. The predicted octanol–water partition coefficient (Wildman–Crippen LogP) is 2.57. The van der Waals surface area contributed by atoms with E-state index in [1.807, 2.05) is 51.1 Å². The van der Waals surface area contributed by atoms with E-state index in [-0.39, 0.29) is 114 Å². The highest BCUT2D eigenvalue weighted by Gasteiger charge is 2.18. The number of aliphatic hydroxyl groups is 4. The summed E-state index contributed by atoms with van der Waals surface area (Å²) < 4.78 is 40.7. The summed E-state index contributed by atoms with van der Waals surface area (Å²) in [4.78, 5) is 57.9. The predicted molar refractivity (Wildman–Crippen MR) is 218 cm³/mol. The molecule has 0 radical (unpaired) electrons. The van der Waals surface area contributed by atoms with Gasteiger partial charge in [-0.1, -0.05) is 50.7 Å². The lowest BCUT2D eigenvalue weighted by Crippen LogP contribution is -2.30. The number of hydrogen-bond acceptors (Lipinski definition) is 18. The highest BCUT2D eigenvalue weighted by molar-refractivity contribution is 8.13. The second kappa shape index (κ2) is 39.8. The van der Waals surface area contributed by atoms with Gasteiger partial charge in [0.05, 0.1) is 44.7 Å². The van der Waals surface area contributed by atoms with Gasteiger partial charge in [0.15, 0.2) is 24.0 Å². The van der Waals surface area contributed by atoms with Crippen molar-refractivity contribution < 1.29 is 87.4 Å². The van der Waals surface area contributed by atoms with Crippen molar-refractivity contribution in [1.82, 2.24) is 5.32 Å². The van der Waals surface area contributed by atoms with Crippen molar-refractivity contribution in [2.75, 3.05) is 67.5 Å². The number of carboxylic acids is 1. The van der Waals surface area contributed by atoms with Crippen LogP contribution >= 0.6 is 11.8 Å². The Bertz CT molecular complexity index is 1220. The summed E-state index contributed by atoms with van der Waals surface area (Å²) in [5.74, 6) is -2.12. The number of carboxylic acid groups (broad SMARTS) is 1. The standard InChI is InChI=1S/C21H31NO7S.C12H22O7.C7H16O4/c1-3-16(14-23)29-21(27-2)15-28-19(25)11-7-10-18(24)22-13-12-20(26)30-17-8-5-4-6-9-17;1-3-9(7-13)19-12(17-2)8-18-11(16)6-4-5-10(14)15;1-3-6(4-8)11-7(5-9)10-2/h4-6,8-9,16,21,23H,3,7,10-15H2,1-2H3,(H,22,24);9,12-13H,3-8H2,1-2H3,(H,14,15);6-9H,3-5H2,1-2H3. The molecule has 0 fully saturated rings. The van der Waals surface area contributed by atoms with Gasteiger partial charge in [0, 0.05) is 64.9 Å². The first kappa shape index (κ1) is 58.8. The first-order valence-electron chi connectivity index (χ1n) is 19.8. The molecule has 1 amide bonds. The third-order valence-corrected chi connectivity index (χ3v) is 8.83. The van der Waals surface area contributed by atoms with E-state index in [9.17, 15) is 24.0 Å². The Morgan fingerprint density at radius 1 is 0.600 bits per heavy atom. The molecule has 348 valence electrons. The molecule has 0 aliphatic heterocycles. The molecule has 6 unspecified atom stereocenters. The van der Waals surface area contributed by atoms with Crippen LogP contribution in [0.15, 0.2) is 35.2 Å². The van der Waals surface area contributed by atoms with Crippen LogP contribution in [0.4, 0.5) is 0 Å². The molecule has 0 spiro atoms. The van der Waals surface area contributed by atoms with Crippen LogP contribution in [-0.4, -0.2) is 159 Å². The highest BCUT2D eigenvalue weighted by atomic mass is 32.2. The number of carbonyl (C=O) groups excluding carboxylic acids is 4. The smallest absolute Gasteiger partial charge is 0.305 e. The van der Waals surface area contributed by atoms with Gasteiger partial charge in [0.1, 0.15) is 13.2 Å². The Balaban J connectivity index is 0. The fourth-order valence-electron chi connectivity index (χ4n) is 4.25. The van der Waals surface area contributed by atoms with Gasteiger partial charge in [-0.25, -0.2) is 0 Å². The fraction of sp³-hybridized carbons (Fsp3) is 0.725. The molecule has 0 aliphatic rings. The van der Waals surface area contributed by atoms with Crippen LogP contribution in [0.3, 0.4) is 0 Å². The lowest BCUT2D eigenvalue weighted by molar-refractivity contribution is -0.194. The second-order valence-electron chi connectivity index (χ2n) is 12.6. The fourth-order valence-corrected chi connectivity index (χ4v) is 5.02. The number of benzene rings is 1. The van der Waals surface area contributed by atoms with Crippen LogP contribution in [0.5, 0.6) is 0 Å². The third kappa shape index (κ3) is 33.4. The number of rotatable bonds is 32. The monoisotopic (exact) mass is 883 g/mol. The Morgan fingerprint density at radius 3 is 1.42 bits per heavy atom. The van der Waals surface area contributed by atoms with Crippen LogP contribution in [0.1, 0.15) is 85.0 Å². The van der Waals surface area contributed by atoms with E-state index >= 15 is 0 Å². The molecule has 6 atom stereocenters. The molecule has 60 heavy (non-hydrogen) atoms. The van der Waals surface area contributed by atoms with Gasteiger partial charge in [0.25, 0.3) is 0 Å². The summed E-state index contributed by atoms with van der Waals surface area (Å²) >= 11 is 1.15. The summed E-state index contributed by atoms with van der Waals surface area (Å²) in [5.41, 5.74) is 0. The van der Waals surface area contributed by atoms with E-state index in [0.717, 1.165) is 16.7 Å². The van der Waals surface area contributed by atoms with Crippen molar-refractivity contribution in [3.63, 3.8) is 0 Å². The van der Waals surface area contributed by atoms with Gasteiger partial charge >= 0.3 is 17.9 Å². The number of nitrogens with one attached hydrogen (secondary N) is 1. The van der Waals surface area contributed by atoms with E-state index in [4.69, 9.17) is 63.4 Å². The minimum atomic E-state index is -0.945. The molecule has 0 saturated heterocycles. The SMILES string of the molecule is CCC(CO)OC(CO)OC.CCC(CO)OC(COC(=O)CCCC(=O)NCCC(=O)Sc1ccccc1)OC.CCC(CO)OC(COC(=O)CCCC(=O)O)OC. The first-order valence-corrected chi connectivity index (χ1v) is 20.6. The van der Waals surface area contributed by atoms with E-state index < -0.39 is 36.8 Å². The number of ether oxygens (including phenoxy) is 8. The number of esters is 2. The number of aliphatic carboxylic acids is 1. The average molecular weight is 884 g/mol. The van der Waals surface area contributed by atoms with Crippen LogP contribution in [-0.2, 0) is 61.9 Å². The van der Waals surface area contributed by atoms with Gasteiger partial charge in [-0.15, -0.1) is 0 Å². The van der Waals surface area contributed by atoms with E-state index in [1.54, 1.807) is 0 Å². The van der Waals surface area contributed by atoms with E-state index in [1.165, 1.54) is 21.3 Å². The minimum absolute atomic E-state index is 0.0218. The maximum Gasteiger partial charge on any atom is 0.305 e. The third-order valence-electron chi connectivity index (χ3n) is 7.89. The zero-order valence-electron chi connectivity index (χ0n) is 35.8. The molecule has 0 bridgehead atoms. The minimum Gasteiger partial charge on any atom is -0.481 e. The molecular weight excluding hydrogens is 814 g/mol. The number of aliphatic hydroxyl groups excluding tert-OH is 4.